The second-order valence-corrected chi connectivity index (χ2v) is 5.03. The summed E-state index contributed by atoms with van der Waals surface area (Å²) in [6.07, 6.45) is 2.06. The molecule has 5 heteroatoms. The Morgan fingerprint density at radius 1 is 1.35 bits per heavy atom. The second kappa shape index (κ2) is 5.94. The van der Waals surface area contributed by atoms with E-state index in [0.29, 0.717) is 17.9 Å². The third-order valence-electron chi connectivity index (χ3n) is 3.34. The van der Waals surface area contributed by atoms with Crippen molar-refractivity contribution in [2.75, 3.05) is 6.54 Å². The summed E-state index contributed by atoms with van der Waals surface area (Å²) in [6, 6.07) is 3.75. The van der Waals surface area contributed by atoms with Crippen molar-refractivity contribution in [2.45, 2.75) is 40.5 Å². The molecule has 5 nitrogen and oxygen atoms in total. The van der Waals surface area contributed by atoms with E-state index < -0.39 is 0 Å². The molecule has 0 aromatic carbocycles. The van der Waals surface area contributed by atoms with Crippen molar-refractivity contribution < 1.29 is 9.32 Å². The van der Waals surface area contributed by atoms with Crippen molar-refractivity contribution in [2.24, 2.45) is 0 Å². The minimum atomic E-state index is -0.0296. The number of unbranched alkanes of at least 4 members (excludes halogenated alkanes) is 1. The number of carbonyl (C=O) groups excluding carboxylic acids is 1. The lowest BCUT2D eigenvalue weighted by molar-refractivity contribution is 0.0952. The monoisotopic (exact) mass is 275 g/mol. The SMILES string of the molecule is CCCCNC(=O)c1cc(C)n(-c2cc(C)on2)c1C. The van der Waals surface area contributed by atoms with Crippen LogP contribution in [0.5, 0.6) is 0 Å². The summed E-state index contributed by atoms with van der Waals surface area (Å²) in [6.45, 7) is 8.54. The van der Waals surface area contributed by atoms with Gasteiger partial charge in [0.2, 0.25) is 0 Å². The fourth-order valence-electron chi connectivity index (χ4n) is 2.28. The van der Waals surface area contributed by atoms with Gasteiger partial charge in [0.25, 0.3) is 5.91 Å². The Kier molecular flexibility index (Phi) is 4.27. The van der Waals surface area contributed by atoms with Crippen molar-refractivity contribution in [3.63, 3.8) is 0 Å². The van der Waals surface area contributed by atoms with E-state index in [1.807, 2.05) is 37.5 Å². The van der Waals surface area contributed by atoms with Gasteiger partial charge >= 0.3 is 0 Å². The molecule has 2 aromatic rings. The summed E-state index contributed by atoms with van der Waals surface area (Å²) in [7, 11) is 0. The molecule has 0 saturated heterocycles. The van der Waals surface area contributed by atoms with Gasteiger partial charge in [0, 0.05) is 24.0 Å². The number of nitrogens with one attached hydrogen (secondary N) is 1. The number of hydrogen-bond acceptors (Lipinski definition) is 3. The Morgan fingerprint density at radius 3 is 2.70 bits per heavy atom. The average Bonchev–Trinajstić information content (AvgIpc) is 2.93. The van der Waals surface area contributed by atoms with Crippen molar-refractivity contribution in [3.8, 4) is 5.82 Å². The first kappa shape index (κ1) is 14.4. The molecule has 0 atom stereocenters. The highest BCUT2D eigenvalue weighted by Gasteiger charge is 2.17. The number of nitrogens with zero attached hydrogens (tertiary/aromatic N) is 2. The number of carbonyl (C=O) groups is 1. The van der Waals surface area contributed by atoms with Crippen LogP contribution in [0.4, 0.5) is 0 Å². The smallest absolute Gasteiger partial charge is 0.253 e. The van der Waals surface area contributed by atoms with Gasteiger partial charge in [-0.2, -0.15) is 0 Å². The highest BCUT2D eigenvalue weighted by Crippen LogP contribution is 2.20. The summed E-state index contributed by atoms with van der Waals surface area (Å²) >= 11 is 0. The molecule has 0 radical (unpaired) electrons. The molecule has 2 heterocycles. The summed E-state index contributed by atoms with van der Waals surface area (Å²) in [5.41, 5.74) is 2.54. The molecule has 0 aliphatic rings. The van der Waals surface area contributed by atoms with E-state index in [9.17, 15) is 4.79 Å². The fourth-order valence-corrected chi connectivity index (χ4v) is 2.28. The molecule has 2 rings (SSSR count). The Labute approximate surface area is 119 Å². The predicted octanol–water partition coefficient (Wildman–Crippen LogP) is 2.92. The Bertz CT molecular complexity index is 611. The number of aryl methyl sites for hydroxylation is 2. The standard InChI is InChI=1S/C15H21N3O2/c1-5-6-7-16-15(19)13-8-10(2)18(12(13)4)14-9-11(3)20-17-14/h8-9H,5-7H2,1-4H3,(H,16,19). The van der Waals surface area contributed by atoms with Gasteiger partial charge in [-0.3, -0.25) is 9.36 Å². The van der Waals surface area contributed by atoms with Crippen molar-refractivity contribution in [1.29, 1.82) is 0 Å². The van der Waals surface area contributed by atoms with Gasteiger partial charge in [-0.15, -0.1) is 0 Å². The third-order valence-corrected chi connectivity index (χ3v) is 3.34. The minimum absolute atomic E-state index is 0.0296. The van der Waals surface area contributed by atoms with Gasteiger partial charge in [0.1, 0.15) is 5.76 Å². The maximum Gasteiger partial charge on any atom is 0.253 e. The van der Waals surface area contributed by atoms with Crippen molar-refractivity contribution >= 4 is 5.91 Å². The lowest BCUT2D eigenvalue weighted by atomic mass is 10.2. The molecular weight excluding hydrogens is 254 g/mol. The molecule has 0 aliphatic heterocycles. The zero-order chi connectivity index (χ0) is 14.7. The number of rotatable bonds is 5. The Morgan fingerprint density at radius 2 is 2.10 bits per heavy atom. The molecule has 0 fully saturated rings. The predicted molar refractivity (Wildman–Crippen MR) is 77.3 cm³/mol. The third kappa shape index (κ3) is 2.76. The van der Waals surface area contributed by atoms with Crippen LogP contribution in [0.15, 0.2) is 16.7 Å². The van der Waals surface area contributed by atoms with Crippen molar-refractivity contribution in [3.05, 3.63) is 34.8 Å². The van der Waals surface area contributed by atoms with Crippen LogP contribution in [0.3, 0.4) is 0 Å². The molecule has 1 amide bonds. The molecule has 2 aromatic heterocycles. The Balaban J connectivity index is 2.27. The first-order chi connectivity index (χ1) is 9.54. The van der Waals surface area contributed by atoms with Gasteiger partial charge in [-0.1, -0.05) is 18.5 Å². The molecule has 0 spiro atoms. The van der Waals surface area contributed by atoms with Crippen LogP contribution in [0.2, 0.25) is 0 Å². The summed E-state index contributed by atoms with van der Waals surface area (Å²) in [5, 5.41) is 6.95. The fraction of sp³-hybridized carbons (Fsp3) is 0.467. The van der Waals surface area contributed by atoms with E-state index in [-0.39, 0.29) is 5.91 Å². The largest absolute Gasteiger partial charge is 0.360 e. The van der Waals surface area contributed by atoms with Crippen LogP contribution in [0, 0.1) is 20.8 Å². The van der Waals surface area contributed by atoms with Crippen LogP contribution < -0.4 is 5.32 Å². The molecule has 0 saturated carbocycles. The molecule has 0 unspecified atom stereocenters. The number of amides is 1. The van der Waals surface area contributed by atoms with Gasteiger partial charge in [-0.25, -0.2) is 0 Å². The maximum absolute atomic E-state index is 12.2. The summed E-state index contributed by atoms with van der Waals surface area (Å²) in [5.74, 6) is 1.43. The first-order valence-corrected chi connectivity index (χ1v) is 6.95. The maximum atomic E-state index is 12.2. The topological polar surface area (TPSA) is 60.1 Å². The molecule has 0 bridgehead atoms. The molecule has 108 valence electrons. The molecule has 20 heavy (non-hydrogen) atoms. The normalized spacial score (nSPS) is 10.8. The van der Waals surface area contributed by atoms with Crippen LogP contribution in [-0.2, 0) is 0 Å². The molecule has 1 N–H and O–H groups in total. The average molecular weight is 275 g/mol. The second-order valence-electron chi connectivity index (χ2n) is 5.03. The van der Waals surface area contributed by atoms with E-state index in [0.717, 1.165) is 30.0 Å². The first-order valence-electron chi connectivity index (χ1n) is 6.95. The van der Waals surface area contributed by atoms with Gasteiger partial charge in [0.15, 0.2) is 5.82 Å². The Hall–Kier alpha value is -2.04. The number of aromatic nitrogens is 2. The zero-order valence-electron chi connectivity index (χ0n) is 12.5. The zero-order valence-corrected chi connectivity index (χ0v) is 12.5. The van der Waals surface area contributed by atoms with E-state index in [4.69, 9.17) is 4.52 Å². The lowest BCUT2D eigenvalue weighted by Crippen LogP contribution is -2.24. The van der Waals surface area contributed by atoms with Crippen LogP contribution in [0.25, 0.3) is 5.82 Å². The van der Waals surface area contributed by atoms with E-state index >= 15 is 0 Å². The molecule has 0 aliphatic carbocycles. The number of hydrogen-bond donors (Lipinski definition) is 1. The van der Waals surface area contributed by atoms with Crippen LogP contribution >= 0.6 is 0 Å². The van der Waals surface area contributed by atoms with Crippen LogP contribution in [-0.4, -0.2) is 22.2 Å². The van der Waals surface area contributed by atoms with E-state index in [1.165, 1.54) is 0 Å². The quantitative estimate of drug-likeness (QED) is 0.853. The highest BCUT2D eigenvalue weighted by atomic mass is 16.5. The van der Waals surface area contributed by atoms with Gasteiger partial charge in [0.05, 0.1) is 5.56 Å². The van der Waals surface area contributed by atoms with Crippen molar-refractivity contribution in [1.82, 2.24) is 15.0 Å². The molecular formula is C15H21N3O2. The summed E-state index contributed by atoms with van der Waals surface area (Å²) < 4.78 is 7.04. The van der Waals surface area contributed by atoms with Gasteiger partial charge < -0.3 is 9.84 Å². The van der Waals surface area contributed by atoms with Crippen LogP contribution in [0.1, 0.15) is 47.3 Å². The van der Waals surface area contributed by atoms with E-state index in [2.05, 4.69) is 17.4 Å². The highest BCUT2D eigenvalue weighted by molar-refractivity contribution is 5.95. The lowest BCUT2D eigenvalue weighted by Gasteiger charge is -2.06. The van der Waals surface area contributed by atoms with Gasteiger partial charge in [-0.05, 0) is 33.3 Å². The van der Waals surface area contributed by atoms with E-state index in [1.54, 1.807) is 0 Å². The summed E-state index contributed by atoms with van der Waals surface area (Å²) in [4.78, 5) is 12.2. The minimum Gasteiger partial charge on any atom is -0.360 e.